The Kier molecular flexibility index (Phi) is 3.50. The van der Waals surface area contributed by atoms with Crippen LogP contribution in [0.5, 0.6) is 11.5 Å². The van der Waals surface area contributed by atoms with E-state index in [0.717, 1.165) is 0 Å². The second kappa shape index (κ2) is 4.85. The number of nitrogens with one attached hydrogen (secondary N) is 1. The molecule has 0 unspecified atom stereocenters. The van der Waals surface area contributed by atoms with Crippen molar-refractivity contribution >= 4 is 12.0 Å². The van der Waals surface area contributed by atoms with Crippen LogP contribution in [-0.2, 0) is 4.79 Å². The molecule has 0 saturated heterocycles. The van der Waals surface area contributed by atoms with Crippen molar-refractivity contribution in [1.29, 1.82) is 0 Å². The third-order valence-electron chi connectivity index (χ3n) is 1.46. The van der Waals surface area contributed by atoms with Crippen molar-refractivity contribution in [2.45, 2.75) is 0 Å². The fraction of sp³-hybridized carbons (Fsp3) is 0.111. The van der Waals surface area contributed by atoms with Crippen molar-refractivity contribution in [3.63, 3.8) is 0 Å². The van der Waals surface area contributed by atoms with Gasteiger partial charge in [0, 0.05) is 6.07 Å². The first-order valence-corrected chi connectivity index (χ1v) is 4.11. The summed E-state index contributed by atoms with van der Waals surface area (Å²) in [6.45, 7) is -0.314. The van der Waals surface area contributed by atoms with Gasteiger partial charge in [-0.05, 0) is 12.1 Å². The Morgan fingerprint density at radius 3 is 2.80 bits per heavy atom. The lowest BCUT2D eigenvalue weighted by Crippen LogP contribution is -2.35. The molecule has 15 heavy (non-hydrogen) atoms. The highest BCUT2D eigenvalue weighted by atomic mass is 16.5. The lowest BCUT2D eigenvalue weighted by molar-refractivity contribution is -0.133. The van der Waals surface area contributed by atoms with Crippen LogP contribution in [0, 0.1) is 0 Å². The third kappa shape index (κ3) is 3.99. The lowest BCUT2D eigenvalue weighted by atomic mass is 10.3. The van der Waals surface area contributed by atoms with E-state index in [9.17, 15) is 9.59 Å². The fourth-order valence-corrected chi connectivity index (χ4v) is 0.874. The zero-order chi connectivity index (χ0) is 11.3. The van der Waals surface area contributed by atoms with E-state index < -0.39 is 12.0 Å². The van der Waals surface area contributed by atoms with Crippen molar-refractivity contribution in [3.8, 4) is 11.5 Å². The maximum absolute atomic E-state index is 11.1. The van der Waals surface area contributed by atoms with E-state index in [1.807, 2.05) is 0 Å². The first-order chi connectivity index (χ1) is 7.08. The van der Waals surface area contributed by atoms with E-state index in [2.05, 4.69) is 5.32 Å². The minimum atomic E-state index is -0.803. The first kappa shape index (κ1) is 10.8. The van der Waals surface area contributed by atoms with Gasteiger partial charge in [-0.1, -0.05) is 6.07 Å². The Morgan fingerprint density at radius 2 is 2.20 bits per heavy atom. The molecule has 4 N–H and O–H groups in total. The zero-order valence-electron chi connectivity index (χ0n) is 7.77. The van der Waals surface area contributed by atoms with Crippen LogP contribution < -0.4 is 15.8 Å². The number of hydrogen-bond acceptors (Lipinski definition) is 4. The molecule has 0 heterocycles. The monoisotopic (exact) mass is 210 g/mol. The summed E-state index contributed by atoms with van der Waals surface area (Å²) in [5.74, 6) is -0.478. The van der Waals surface area contributed by atoms with Crippen LogP contribution in [0.25, 0.3) is 0 Å². The van der Waals surface area contributed by atoms with Crippen molar-refractivity contribution in [2.24, 2.45) is 5.73 Å². The fourth-order valence-electron chi connectivity index (χ4n) is 0.874. The molecule has 0 saturated carbocycles. The average Bonchev–Trinajstić information content (AvgIpc) is 2.15. The molecule has 6 heteroatoms. The van der Waals surface area contributed by atoms with E-state index in [4.69, 9.17) is 15.6 Å². The van der Waals surface area contributed by atoms with Gasteiger partial charge < -0.3 is 20.9 Å². The first-order valence-electron chi connectivity index (χ1n) is 4.11. The van der Waals surface area contributed by atoms with E-state index in [-0.39, 0.29) is 18.0 Å². The molecule has 1 aromatic carbocycles. The molecule has 0 aromatic heterocycles. The van der Waals surface area contributed by atoms with Gasteiger partial charge in [0.2, 0.25) is 0 Å². The molecule has 0 aliphatic rings. The maximum atomic E-state index is 11.1. The summed E-state index contributed by atoms with van der Waals surface area (Å²) >= 11 is 0. The van der Waals surface area contributed by atoms with Crippen molar-refractivity contribution in [3.05, 3.63) is 24.3 Å². The summed E-state index contributed by atoms with van der Waals surface area (Å²) in [6, 6.07) is 4.95. The van der Waals surface area contributed by atoms with Gasteiger partial charge in [0.25, 0.3) is 0 Å². The van der Waals surface area contributed by atoms with Crippen molar-refractivity contribution in [2.75, 3.05) is 6.54 Å². The number of phenolic OH excluding ortho intramolecular Hbond substituents is 1. The summed E-state index contributed by atoms with van der Waals surface area (Å²) in [4.78, 5) is 21.3. The average molecular weight is 210 g/mol. The summed E-state index contributed by atoms with van der Waals surface area (Å²) in [5.41, 5.74) is 4.76. The lowest BCUT2D eigenvalue weighted by Gasteiger charge is -2.04. The SMILES string of the molecule is NC(=O)NCC(=O)Oc1cccc(O)c1. The molecule has 0 aliphatic carbocycles. The number of urea groups is 1. The molecule has 0 atom stereocenters. The Labute approximate surface area is 85.6 Å². The van der Waals surface area contributed by atoms with Crippen LogP contribution in [0.4, 0.5) is 4.79 Å². The molecule has 1 rings (SSSR count). The summed E-state index contributed by atoms with van der Waals surface area (Å²) in [5, 5.41) is 11.1. The van der Waals surface area contributed by atoms with Gasteiger partial charge in [0.15, 0.2) is 0 Å². The van der Waals surface area contributed by atoms with E-state index in [0.29, 0.717) is 0 Å². The number of rotatable bonds is 3. The molecule has 0 spiro atoms. The second-order valence-electron chi connectivity index (χ2n) is 2.69. The van der Waals surface area contributed by atoms with Gasteiger partial charge >= 0.3 is 12.0 Å². The molecule has 0 bridgehead atoms. The molecule has 0 fully saturated rings. The van der Waals surface area contributed by atoms with Crippen LogP contribution in [0.3, 0.4) is 0 Å². The summed E-state index contributed by atoms with van der Waals surface area (Å²) < 4.78 is 4.78. The number of carbonyl (C=O) groups excluding carboxylic acids is 2. The maximum Gasteiger partial charge on any atom is 0.330 e. The van der Waals surface area contributed by atoms with E-state index >= 15 is 0 Å². The molecule has 6 nitrogen and oxygen atoms in total. The van der Waals surface area contributed by atoms with Gasteiger partial charge in [-0.2, -0.15) is 0 Å². The number of aromatic hydroxyl groups is 1. The van der Waals surface area contributed by atoms with Crippen LogP contribution >= 0.6 is 0 Å². The van der Waals surface area contributed by atoms with Crippen molar-refractivity contribution in [1.82, 2.24) is 5.32 Å². The summed E-state index contributed by atoms with van der Waals surface area (Å²) in [6.07, 6.45) is 0. The molecule has 2 amide bonds. The van der Waals surface area contributed by atoms with E-state index in [1.54, 1.807) is 0 Å². The number of amides is 2. The Morgan fingerprint density at radius 1 is 1.47 bits per heavy atom. The van der Waals surface area contributed by atoms with Gasteiger partial charge in [-0.3, -0.25) is 0 Å². The van der Waals surface area contributed by atoms with Gasteiger partial charge in [-0.25, -0.2) is 9.59 Å². The molecule has 0 radical (unpaired) electrons. The largest absolute Gasteiger partial charge is 0.508 e. The minimum Gasteiger partial charge on any atom is -0.508 e. The number of benzene rings is 1. The molecule has 1 aromatic rings. The topological polar surface area (TPSA) is 102 Å². The number of esters is 1. The Balaban J connectivity index is 2.48. The second-order valence-corrected chi connectivity index (χ2v) is 2.69. The van der Waals surface area contributed by atoms with E-state index in [1.165, 1.54) is 24.3 Å². The molecular formula is C9H10N2O4. The minimum absolute atomic E-state index is 0.0110. The van der Waals surface area contributed by atoms with Crippen LogP contribution in [0.1, 0.15) is 0 Å². The standard InChI is InChI=1S/C9H10N2O4/c10-9(14)11-5-8(13)15-7-3-1-2-6(12)4-7/h1-4,12H,5H2,(H3,10,11,14). The molecule has 80 valence electrons. The number of carbonyl (C=O) groups is 2. The number of nitrogens with two attached hydrogens (primary N) is 1. The molecular weight excluding hydrogens is 200 g/mol. The summed E-state index contributed by atoms with van der Waals surface area (Å²) in [7, 11) is 0. The highest BCUT2D eigenvalue weighted by Gasteiger charge is 2.05. The number of hydrogen-bond donors (Lipinski definition) is 3. The third-order valence-corrected chi connectivity index (χ3v) is 1.46. The highest BCUT2D eigenvalue weighted by molar-refractivity contribution is 5.80. The van der Waals surface area contributed by atoms with Gasteiger partial charge in [0.1, 0.15) is 18.0 Å². The highest BCUT2D eigenvalue weighted by Crippen LogP contribution is 2.17. The quantitative estimate of drug-likeness (QED) is 0.481. The normalized spacial score (nSPS) is 9.33. The number of phenols is 1. The smallest absolute Gasteiger partial charge is 0.330 e. The van der Waals surface area contributed by atoms with Crippen molar-refractivity contribution < 1.29 is 19.4 Å². The Hall–Kier alpha value is -2.24. The number of ether oxygens (including phenoxy) is 1. The number of primary amides is 1. The van der Waals surface area contributed by atoms with Crippen LogP contribution in [0.2, 0.25) is 0 Å². The van der Waals surface area contributed by atoms with Gasteiger partial charge in [-0.15, -0.1) is 0 Å². The van der Waals surface area contributed by atoms with Crippen LogP contribution in [0.15, 0.2) is 24.3 Å². The van der Waals surface area contributed by atoms with Crippen LogP contribution in [-0.4, -0.2) is 23.7 Å². The molecule has 0 aliphatic heterocycles. The predicted molar refractivity (Wildman–Crippen MR) is 51.3 cm³/mol. The Bertz CT molecular complexity index is 378. The zero-order valence-corrected chi connectivity index (χ0v) is 7.77. The van der Waals surface area contributed by atoms with Gasteiger partial charge in [0.05, 0.1) is 0 Å². The predicted octanol–water partition coefficient (Wildman–Crippen LogP) is -0.0341.